The van der Waals surface area contributed by atoms with Crippen LogP contribution in [0, 0.1) is 0 Å². The standard InChI is InChI=1S/C12H7BrF3NO/c13-8-4-6-9(7-5-8)17-10(12(14,15)16)2-1-3-11(17)18/h1-7H. The maximum absolute atomic E-state index is 12.8. The smallest absolute Gasteiger partial charge is 0.272 e. The molecule has 0 saturated heterocycles. The molecule has 1 aromatic carbocycles. The van der Waals surface area contributed by atoms with Crippen LogP contribution >= 0.6 is 15.9 Å². The van der Waals surface area contributed by atoms with Crippen molar-refractivity contribution in [2.24, 2.45) is 0 Å². The van der Waals surface area contributed by atoms with E-state index >= 15 is 0 Å². The Morgan fingerprint density at radius 1 is 1.00 bits per heavy atom. The lowest BCUT2D eigenvalue weighted by Crippen LogP contribution is -2.25. The third-order valence-electron chi connectivity index (χ3n) is 2.33. The van der Waals surface area contributed by atoms with Crippen LogP contribution in [0.2, 0.25) is 0 Å². The summed E-state index contributed by atoms with van der Waals surface area (Å²) in [7, 11) is 0. The molecule has 0 aliphatic rings. The van der Waals surface area contributed by atoms with Gasteiger partial charge in [-0.05, 0) is 30.3 Å². The average Bonchev–Trinajstić information content (AvgIpc) is 2.29. The van der Waals surface area contributed by atoms with E-state index in [-0.39, 0.29) is 5.69 Å². The minimum atomic E-state index is -4.58. The normalized spacial score (nSPS) is 11.6. The van der Waals surface area contributed by atoms with Gasteiger partial charge < -0.3 is 0 Å². The summed E-state index contributed by atoms with van der Waals surface area (Å²) >= 11 is 3.18. The van der Waals surface area contributed by atoms with Crippen molar-refractivity contribution >= 4 is 15.9 Å². The zero-order valence-corrected chi connectivity index (χ0v) is 10.5. The van der Waals surface area contributed by atoms with E-state index in [1.807, 2.05) is 0 Å². The monoisotopic (exact) mass is 317 g/mol. The van der Waals surface area contributed by atoms with Gasteiger partial charge in [-0.1, -0.05) is 22.0 Å². The predicted molar refractivity (Wildman–Crippen MR) is 64.7 cm³/mol. The van der Waals surface area contributed by atoms with Gasteiger partial charge in [0, 0.05) is 16.2 Å². The van der Waals surface area contributed by atoms with Crippen LogP contribution in [0.15, 0.2) is 51.7 Å². The number of aromatic nitrogens is 1. The summed E-state index contributed by atoms with van der Waals surface area (Å²) < 4.78 is 39.8. The van der Waals surface area contributed by atoms with E-state index < -0.39 is 17.4 Å². The second-order valence-electron chi connectivity index (χ2n) is 3.56. The highest BCUT2D eigenvalue weighted by atomic mass is 79.9. The van der Waals surface area contributed by atoms with Crippen molar-refractivity contribution in [2.75, 3.05) is 0 Å². The van der Waals surface area contributed by atoms with Gasteiger partial charge in [0.15, 0.2) is 0 Å². The lowest BCUT2D eigenvalue weighted by molar-refractivity contribution is -0.142. The summed E-state index contributed by atoms with van der Waals surface area (Å²) in [5.74, 6) is 0. The fourth-order valence-corrected chi connectivity index (χ4v) is 1.83. The summed E-state index contributed by atoms with van der Waals surface area (Å²) in [6.45, 7) is 0. The van der Waals surface area contributed by atoms with Crippen molar-refractivity contribution in [3.05, 3.63) is 63.0 Å². The summed E-state index contributed by atoms with van der Waals surface area (Å²) in [5, 5.41) is 0. The Balaban J connectivity index is 2.70. The Morgan fingerprint density at radius 2 is 1.61 bits per heavy atom. The van der Waals surface area contributed by atoms with E-state index in [0.717, 1.165) is 22.7 Å². The molecule has 0 atom stereocenters. The van der Waals surface area contributed by atoms with Gasteiger partial charge in [0.2, 0.25) is 0 Å². The maximum atomic E-state index is 12.8. The summed E-state index contributed by atoms with van der Waals surface area (Å²) in [4.78, 5) is 11.6. The molecule has 0 radical (unpaired) electrons. The Kier molecular flexibility index (Phi) is 3.30. The van der Waals surface area contributed by atoms with Crippen molar-refractivity contribution in [1.29, 1.82) is 0 Å². The zero-order valence-electron chi connectivity index (χ0n) is 8.91. The Bertz CT molecular complexity index is 616. The lowest BCUT2D eigenvalue weighted by atomic mass is 10.2. The number of nitrogens with zero attached hydrogens (tertiary/aromatic N) is 1. The van der Waals surface area contributed by atoms with E-state index in [0.29, 0.717) is 4.57 Å². The number of rotatable bonds is 1. The molecule has 2 nitrogen and oxygen atoms in total. The predicted octanol–water partition coefficient (Wildman–Crippen LogP) is 3.62. The van der Waals surface area contributed by atoms with Gasteiger partial charge in [-0.25, -0.2) is 0 Å². The molecule has 1 heterocycles. The quantitative estimate of drug-likeness (QED) is 0.787. The van der Waals surface area contributed by atoms with E-state index in [2.05, 4.69) is 15.9 Å². The number of halogens is 4. The zero-order chi connectivity index (χ0) is 13.3. The molecule has 2 rings (SSSR count). The highest BCUT2D eigenvalue weighted by molar-refractivity contribution is 9.10. The molecule has 0 aliphatic heterocycles. The van der Waals surface area contributed by atoms with Crippen molar-refractivity contribution in [3.63, 3.8) is 0 Å². The van der Waals surface area contributed by atoms with Crippen LogP contribution in [0.1, 0.15) is 5.69 Å². The van der Waals surface area contributed by atoms with E-state index in [1.165, 1.54) is 12.1 Å². The van der Waals surface area contributed by atoms with Crippen molar-refractivity contribution in [2.45, 2.75) is 6.18 Å². The third-order valence-corrected chi connectivity index (χ3v) is 2.86. The number of pyridine rings is 1. The summed E-state index contributed by atoms with van der Waals surface area (Å²) in [6, 6.07) is 9.12. The van der Waals surface area contributed by atoms with Gasteiger partial charge in [-0.3, -0.25) is 9.36 Å². The van der Waals surface area contributed by atoms with Crippen LogP contribution < -0.4 is 5.56 Å². The second kappa shape index (κ2) is 4.61. The first-order chi connectivity index (χ1) is 8.39. The SMILES string of the molecule is O=c1cccc(C(F)(F)F)n1-c1ccc(Br)cc1. The maximum Gasteiger partial charge on any atom is 0.431 e. The van der Waals surface area contributed by atoms with Gasteiger partial charge in [0.05, 0.1) is 0 Å². The number of benzene rings is 1. The minimum Gasteiger partial charge on any atom is -0.272 e. The molecule has 0 spiro atoms. The molecular formula is C12H7BrF3NO. The largest absolute Gasteiger partial charge is 0.431 e. The molecule has 2 aromatic rings. The first-order valence-electron chi connectivity index (χ1n) is 4.95. The number of hydrogen-bond donors (Lipinski definition) is 0. The Morgan fingerprint density at radius 3 is 2.17 bits per heavy atom. The van der Waals surface area contributed by atoms with E-state index in [4.69, 9.17) is 0 Å². The molecule has 0 saturated carbocycles. The summed E-state index contributed by atoms with van der Waals surface area (Å²) in [5.41, 5.74) is -1.53. The number of hydrogen-bond acceptors (Lipinski definition) is 1. The molecule has 1 aromatic heterocycles. The highest BCUT2D eigenvalue weighted by Gasteiger charge is 2.34. The molecule has 0 unspecified atom stereocenters. The first kappa shape index (κ1) is 12.9. The van der Waals surface area contributed by atoms with Crippen LogP contribution in [0.25, 0.3) is 5.69 Å². The molecule has 0 bridgehead atoms. The highest BCUT2D eigenvalue weighted by Crippen LogP contribution is 2.29. The van der Waals surface area contributed by atoms with Crippen molar-refractivity contribution < 1.29 is 13.2 Å². The fraction of sp³-hybridized carbons (Fsp3) is 0.0833. The van der Waals surface area contributed by atoms with Crippen LogP contribution in [0.3, 0.4) is 0 Å². The van der Waals surface area contributed by atoms with Gasteiger partial charge >= 0.3 is 6.18 Å². The molecule has 0 fully saturated rings. The summed E-state index contributed by atoms with van der Waals surface area (Å²) in [6.07, 6.45) is -4.58. The molecule has 6 heteroatoms. The molecule has 0 amide bonds. The molecule has 94 valence electrons. The van der Waals surface area contributed by atoms with Gasteiger partial charge in [-0.2, -0.15) is 13.2 Å². The average molecular weight is 318 g/mol. The molecular weight excluding hydrogens is 311 g/mol. The second-order valence-corrected chi connectivity index (χ2v) is 4.47. The van der Waals surface area contributed by atoms with E-state index in [1.54, 1.807) is 12.1 Å². The minimum absolute atomic E-state index is 0.177. The lowest BCUT2D eigenvalue weighted by Gasteiger charge is -2.14. The fourth-order valence-electron chi connectivity index (χ4n) is 1.57. The van der Waals surface area contributed by atoms with Gasteiger partial charge in [-0.15, -0.1) is 0 Å². The van der Waals surface area contributed by atoms with Crippen molar-refractivity contribution in [1.82, 2.24) is 4.57 Å². The van der Waals surface area contributed by atoms with Crippen LogP contribution in [-0.4, -0.2) is 4.57 Å². The third kappa shape index (κ3) is 2.48. The van der Waals surface area contributed by atoms with Crippen LogP contribution in [0.5, 0.6) is 0 Å². The van der Waals surface area contributed by atoms with Crippen molar-refractivity contribution in [3.8, 4) is 5.69 Å². The van der Waals surface area contributed by atoms with E-state index in [9.17, 15) is 18.0 Å². The topological polar surface area (TPSA) is 22.0 Å². The van der Waals surface area contributed by atoms with Crippen LogP contribution in [-0.2, 0) is 6.18 Å². The molecule has 18 heavy (non-hydrogen) atoms. The Hall–Kier alpha value is -1.56. The molecule has 0 aliphatic carbocycles. The Labute approximate surface area is 109 Å². The van der Waals surface area contributed by atoms with Gasteiger partial charge in [0.25, 0.3) is 5.56 Å². The van der Waals surface area contributed by atoms with Gasteiger partial charge in [0.1, 0.15) is 5.69 Å². The van der Waals surface area contributed by atoms with Crippen LogP contribution in [0.4, 0.5) is 13.2 Å². The number of alkyl halides is 3. The molecule has 0 N–H and O–H groups in total. The first-order valence-corrected chi connectivity index (χ1v) is 5.74.